The van der Waals surface area contributed by atoms with E-state index < -0.39 is 49.7 Å². The lowest BCUT2D eigenvalue weighted by molar-refractivity contribution is -0.101. The Morgan fingerprint density at radius 1 is 1.27 bits per heavy atom. The topological polar surface area (TPSA) is 149 Å². The number of methoxy groups -OCH3 is 1. The van der Waals surface area contributed by atoms with Gasteiger partial charge < -0.3 is 24.0 Å². The number of aromatic nitrogens is 2. The Morgan fingerprint density at radius 3 is 2.42 bits per heavy atom. The molecule has 0 aliphatic carbocycles. The van der Waals surface area contributed by atoms with E-state index in [0.717, 1.165) is 10.6 Å². The van der Waals surface area contributed by atoms with Crippen molar-refractivity contribution in [1.29, 1.82) is 0 Å². The number of phosphoric acid groups is 1. The normalized spacial score (nSPS) is 27.8. The van der Waals surface area contributed by atoms with E-state index in [0.29, 0.717) is 0 Å². The molecule has 1 saturated heterocycles. The van der Waals surface area contributed by atoms with Gasteiger partial charge >= 0.3 is 13.5 Å². The second kappa shape index (κ2) is 8.13. The summed E-state index contributed by atoms with van der Waals surface area (Å²) in [6, 6.07) is 1.15. The van der Waals surface area contributed by atoms with Gasteiger partial charge in [-0.25, -0.2) is 9.36 Å². The fraction of sp³-hybridized carbons (Fsp3) is 0.714. The van der Waals surface area contributed by atoms with Crippen LogP contribution in [0.25, 0.3) is 0 Å². The van der Waals surface area contributed by atoms with Gasteiger partial charge in [-0.1, -0.05) is 0 Å². The summed E-state index contributed by atoms with van der Waals surface area (Å²) in [5.41, 5.74) is -1.28. The van der Waals surface area contributed by atoms with E-state index in [2.05, 4.69) is 4.98 Å². The third-order valence-corrected chi connectivity index (χ3v) is 4.43. The van der Waals surface area contributed by atoms with Gasteiger partial charge in [-0.2, -0.15) is 0 Å². The largest absolute Gasteiger partial charge is 0.469 e. The molecule has 2 heterocycles. The molecule has 0 aromatic carbocycles. The number of nitrogens with one attached hydrogen (secondary N) is 1. The molecule has 0 spiro atoms. The number of rotatable bonds is 7. The molecule has 1 aliphatic rings. The van der Waals surface area contributed by atoms with E-state index in [1.807, 2.05) is 0 Å². The molecule has 0 saturated carbocycles. The van der Waals surface area contributed by atoms with Gasteiger partial charge in [-0.3, -0.25) is 18.9 Å². The maximum absolute atomic E-state index is 12.1. The van der Waals surface area contributed by atoms with Crippen molar-refractivity contribution in [2.75, 3.05) is 7.11 Å². The first-order valence-electron chi connectivity index (χ1n) is 7.92. The van der Waals surface area contributed by atoms with Crippen molar-refractivity contribution in [3.05, 3.63) is 33.1 Å². The van der Waals surface area contributed by atoms with Crippen LogP contribution in [0.15, 0.2) is 21.9 Å². The SMILES string of the molecule is COC1[C@@H](OC(C)C)[C@@H]([C@H](C)OP(=O)(O)O)O[C@H]1n1ccc(=O)[nH]c1=O. The van der Waals surface area contributed by atoms with Crippen molar-refractivity contribution in [3.8, 4) is 0 Å². The van der Waals surface area contributed by atoms with E-state index in [9.17, 15) is 14.2 Å². The molecule has 1 aliphatic heterocycles. The second-order valence-electron chi connectivity index (χ2n) is 6.16. The van der Waals surface area contributed by atoms with Crippen LogP contribution >= 0.6 is 7.82 Å². The first kappa shape index (κ1) is 21.0. The highest BCUT2D eigenvalue weighted by Crippen LogP contribution is 2.42. The lowest BCUT2D eigenvalue weighted by Crippen LogP contribution is -2.43. The van der Waals surface area contributed by atoms with Crippen molar-refractivity contribution in [3.63, 3.8) is 0 Å². The number of hydrogen-bond acceptors (Lipinski definition) is 7. The predicted molar refractivity (Wildman–Crippen MR) is 88.6 cm³/mol. The van der Waals surface area contributed by atoms with Crippen LogP contribution in [0.2, 0.25) is 0 Å². The van der Waals surface area contributed by atoms with E-state index in [1.165, 1.54) is 20.2 Å². The van der Waals surface area contributed by atoms with Crippen LogP contribution in [0.5, 0.6) is 0 Å². The molecule has 2 rings (SSSR count). The molecule has 3 N–H and O–H groups in total. The Kier molecular flexibility index (Phi) is 6.56. The molecule has 1 fully saturated rings. The molecule has 1 aromatic heterocycles. The van der Waals surface area contributed by atoms with Crippen LogP contribution in [-0.4, -0.2) is 57.0 Å². The number of hydrogen-bond donors (Lipinski definition) is 3. The number of H-pyrrole nitrogens is 1. The van der Waals surface area contributed by atoms with E-state index in [1.54, 1.807) is 13.8 Å². The highest BCUT2D eigenvalue weighted by Gasteiger charge is 2.50. The number of phosphoric ester groups is 1. The summed E-state index contributed by atoms with van der Waals surface area (Å²) in [4.78, 5) is 43.6. The summed E-state index contributed by atoms with van der Waals surface area (Å²) in [6.45, 7) is 4.97. The molecular weight excluding hydrogens is 371 g/mol. The lowest BCUT2D eigenvalue weighted by atomic mass is 10.1. The zero-order valence-electron chi connectivity index (χ0n) is 14.8. The van der Waals surface area contributed by atoms with Crippen molar-refractivity contribution in [2.24, 2.45) is 0 Å². The van der Waals surface area contributed by atoms with Gasteiger partial charge in [-0.15, -0.1) is 0 Å². The Bertz CT molecular complexity index is 770. The fourth-order valence-corrected chi connectivity index (χ4v) is 3.44. The van der Waals surface area contributed by atoms with Gasteiger partial charge in [-0.05, 0) is 20.8 Å². The van der Waals surface area contributed by atoms with Crippen LogP contribution in [0.3, 0.4) is 0 Å². The van der Waals surface area contributed by atoms with Gasteiger partial charge in [0.1, 0.15) is 18.3 Å². The Balaban J connectivity index is 2.40. The Labute approximate surface area is 149 Å². The third-order valence-electron chi connectivity index (χ3n) is 3.82. The molecule has 0 amide bonds. The maximum Gasteiger partial charge on any atom is 0.469 e. The second-order valence-corrected chi connectivity index (χ2v) is 7.35. The van der Waals surface area contributed by atoms with Crippen LogP contribution in [0, 0.1) is 0 Å². The smallest absolute Gasteiger partial charge is 0.374 e. The highest BCUT2D eigenvalue weighted by atomic mass is 31.2. The molecule has 5 atom stereocenters. The molecule has 1 aromatic rings. The highest BCUT2D eigenvalue weighted by molar-refractivity contribution is 7.46. The molecule has 11 nitrogen and oxygen atoms in total. The maximum atomic E-state index is 12.1. The molecular formula is C14H23N2O9P. The quantitative estimate of drug-likeness (QED) is 0.532. The summed E-state index contributed by atoms with van der Waals surface area (Å²) >= 11 is 0. The van der Waals surface area contributed by atoms with Crippen molar-refractivity contribution < 1.29 is 33.1 Å². The zero-order valence-corrected chi connectivity index (χ0v) is 15.7. The van der Waals surface area contributed by atoms with E-state index in [-0.39, 0.29) is 6.10 Å². The number of nitrogens with zero attached hydrogens (tertiary/aromatic N) is 1. The van der Waals surface area contributed by atoms with Crippen molar-refractivity contribution >= 4 is 7.82 Å². The third kappa shape index (κ3) is 4.89. The van der Waals surface area contributed by atoms with E-state index in [4.69, 9.17) is 28.5 Å². The predicted octanol–water partition coefficient (Wildman–Crippen LogP) is -0.260. The van der Waals surface area contributed by atoms with Crippen LogP contribution in [-0.2, 0) is 23.3 Å². The molecule has 26 heavy (non-hydrogen) atoms. The summed E-state index contributed by atoms with van der Waals surface area (Å²) in [6.07, 6.45) is -3.53. The van der Waals surface area contributed by atoms with E-state index >= 15 is 0 Å². The molecule has 0 radical (unpaired) electrons. The van der Waals surface area contributed by atoms with Gasteiger partial charge in [0.2, 0.25) is 0 Å². The van der Waals surface area contributed by atoms with Crippen molar-refractivity contribution in [1.82, 2.24) is 9.55 Å². The minimum absolute atomic E-state index is 0.253. The van der Waals surface area contributed by atoms with Crippen LogP contribution < -0.4 is 11.2 Å². The van der Waals surface area contributed by atoms with Gasteiger partial charge in [0.15, 0.2) is 6.23 Å². The molecule has 0 bridgehead atoms. The van der Waals surface area contributed by atoms with Crippen LogP contribution in [0.1, 0.15) is 27.0 Å². The number of aromatic amines is 1. The van der Waals surface area contributed by atoms with Gasteiger partial charge in [0.25, 0.3) is 5.56 Å². The zero-order chi connectivity index (χ0) is 19.6. The fourth-order valence-electron chi connectivity index (χ4n) is 2.89. The van der Waals surface area contributed by atoms with Crippen LogP contribution in [0.4, 0.5) is 0 Å². The minimum atomic E-state index is -4.76. The minimum Gasteiger partial charge on any atom is -0.374 e. The first-order chi connectivity index (χ1) is 12.0. The standard InChI is InChI=1S/C14H23N2O9P/c1-7(2)23-11-10(8(3)25-26(19,20)21)24-13(12(11)22-4)16-6-5-9(17)15-14(16)18/h5-8,10-13H,1-4H3,(H,15,17,18)(H2,19,20,21)/t8-,10+,11-,12?,13+/m0/s1. The number of ether oxygens (including phenoxy) is 3. The summed E-state index contributed by atoms with van der Waals surface area (Å²) < 4.78 is 34.1. The average molecular weight is 394 g/mol. The average Bonchev–Trinajstić information content (AvgIpc) is 2.83. The summed E-state index contributed by atoms with van der Waals surface area (Å²) in [7, 11) is -3.37. The van der Waals surface area contributed by atoms with Crippen molar-refractivity contribution in [2.45, 2.75) is 57.5 Å². The van der Waals surface area contributed by atoms with Gasteiger partial charge in [0.05, 0.1) is 12.2 Å². The molecule has 148 valence electrons. The Hall–Kier alpha value is -1.33. The van der Waals surface area contributed by atoms with Gasteiger partial charge in [0, 0.05) is 19.4 Å². The monoisotopic (exact) mass is 394 g/mol. The summed E-state index contributed by atoms with van der Waals surface area (Å²) in [5.74, 6) is 0. The lowest BCUT2D eigenvalue weighted by Gasteiger charge is -2.28. The Morgan fingerprint density at radius 2 is 1.92 bits per heavy atom. The first-order valence-corrected chi connectivity index (χ1v) is 9.45. The molecule has 12 heteroatoms. The summed E-state index contributed by atoms with van der Waals surface area (Å²) in [5, 5.41) is 0. The molecule has 1 unspecified atom stereocenters.